The number of rotatable bonds is 3. The molecule has 90 valence electrons. The SMILES string of the molecule is CC(C)(C)c1cc(CCc2ccncc2)cs1. The summed E-state index contributed by atoms with van der Waals surface area (Å²) in [6.07, 6.45) is 5.95. The van der Waals surface area contributed by atoms with Gasteiger partial charge in [0, 0.05) is 17.3 Å². The van der Waals surface area contributed by atoms with E-state index in [-0.39, 0.29) is 5.41 Å². The smallest absolute Gasteiger partial charge is 0.0270 e. The molecule has 2 heteroatoms. The van der Waals surface area contributed by atoms with E-state index in [0.29, 0.717) is 0 Å². The van der Waals surface area contributed by atoms with Gasteiger partial charge in [-0.3, -0.25) is 4.98 Å². The molecule has 0 radical (unpaired) electrons. The molecule has 0 aliphatic rings. The number of thiophene rings is 1. The molecule has 1 nitrogen and oxygen atoms in total. The van der Waals surface area contributed by atoms with Gasteiger partial charge in [0.1, 0.15) is 0 Å². The lowest BCUT2D eigenvalue weighted by molar-refractivity contribution is 0.603. The Hall–Kier alpha value is -1.15. The van der Waals surface area contributed by atoms with Crippen LogP contribution in [0, 0.1) is 0 Å². The highest BCUT2D eigenvalue weighted by Gasteiger charge is 2.15. The van der Waals surface area contributed by atoms with Crippen LogP contribution in [0.15, 0.2) is 36.0 Å². The summed E-state index contributed by atoms with van der Waals surface area (Å²) in [5.41, 5.74) is 3.10. The molecular formula is C15H19NS. The molecule has 2 aromatic heterocycles. The molecule has 0 saturated carbocycles. The zero-order chi connectivity index (χ0) is 12.3. The fourth-order valence-corrected chi connectivity index (χ4v) is 2.78. The molecule has 0 spiro atoms. The highest BCUT2D eigenvalue weighted by molar-refractivity contribution is 7.10. The minimum atomic E-state index is 0.277. The number of aromatic nitrogens is 1. The first kappa shape index (κ1) is 12.3. The van der Waals surface area contributed by atoms with Crippen LogP contribution in [-0.4, -0.2) is 4.98 Å². The molecule has 0 unspecified atom stereocenters. The largest absolute Gasteiger partial charge is 0.265 e. The third kappa shape index (κ3) is 3.40. The lowest BCUT2D eigenvalue weighted by Crippen LogP contribution is -2.08. The topological polar surface area (TPSA) is 12.9 Å². The molecule has 2 aromatic rings. The van der Waals surface area contributed by atoms with E-state index in [0.717, 1.165) is 12.8 Å². The Morgan fingerprint density at radius 1 is 1.06 bits per heavy atom. The van der Waals surface area contributed by atoms with E-state index >= 15 is 0 Å². The van der Waals surface area contributed by atoms with Crippen LogP contribution >= 0.6 is 11.3 Å². The summed E-state index contributed by atoms with van der Waals surface area (Å²) >= 11 is 1.88. The zero-order valence-corrected chi connectivity index (χ0v) is 11.6. The van der Waals surface area contributed by atoms with Crippen LogP contribution < -0.4 is 0 Å². The van der Waals surface area contributed by atoms with Crippen LogP contribution in [0.3, 0.4) is 0 Å². The van der Waals surface area contributed by atoms with Crippen molar-refractivity contribution in [3.63, 3.8) is 0 Å². The molecule has 17 heavy (non-hydrogen) atoms. The summed E-state index contributed by atoms with van der Waals surface area (Å²) in [5, 5.41) is 2.29. The summed E-state index contributed by atoms with van der Waals surface area (Å²) in [6, 6.07) is 6.54. The van der Waals surface area contributed by atoms with Crippen molar-refractivity contribution in [2.45, 2.75) is 39.0 Å². The predicted molar refractivity (Wildman–Crippen MR) is 74.7 cm³/mol. The van der Waals surface area contributed by atoms with Crippen molar-refractivity contribution in [2.24, 2.45) is 0 Å². The first-order chi connectivity index (χ1) is 8.05. The Morgan fingerprint density at radius 2 is 1.71 bits per heavy atom. The summed E-state index contributed by atoms with van der Waals surface area (Å²) in [4.78, 5) is 5.51. The van der Waals surface area contributed by atoms with Crippen molar-refractivity contribution in [1.29, 1.82) is 0 Å². The van der Waals surface area contributed by atoms with E-state index < -0.39 is 0 Å². The highest BCUT2D eigenvalue weighted by Crippen LogP contribution is 2.29. The van der Waals surface area contributed by atoms with Gasteiger partial charge in [0.2, 0.25) is 0 Å². The lowest BCUT2D eigenvalue weighted by atomic mass is 9.94. The molecule has 0 atom stereocenters. The molecule has 0 fully saturated rings. The van der Waals surface area contributed by atoms with Crippen molar-refractivity contribution in [1.82, 2.24) is 4.98 Å². The van der Waals surface area contributed by atoms with Gasteiger partial charge in [0.25, 0.3) is 0 Å². The summed E-state index contributed by atoms with van der Waals surface area (Å²) in [7, 11) is 0. The van der Waals surface area contributed by atoms with Crippen molar-refractivity contribution >= 4 is 11.3 Å². The highest BCUT2D eigenvalue weighted by atomic mass is 32.1. The second-order valence-corrected chi connectivity index (χ2v) is 6.34. The normalized spacial score (nSPS) is 11.7. The molecule has 0 saturated heterocycles. The fourth-order valence-electron chi connectivity index (χ4n) is 1.74. The fraction of sp³-hybridized carbons (Fsp3) is 0.400. The van der Waals surface area contributed by atoms with Crippen molar-refractivity contribution in [3.8, 4) is 0 Å². The number of hydrogen-bond acceptors (Lipinski definition) is 2. The van der Waals surface area contributed by atoms with Gasteiger partial charge >= 0.3 is 0 Å². The van der Waals surface area contributed by atoms with Crippen LogP contribution in [0.5, 0.6) is 0 Å². The Morgan fingerprint density at radius 3 is 2.29 bits per heavy atom. The molecule has 0 bridgehead atoms. The van der Waals surface area contributed by atoms with E-state index in [4.69, 9.17) is 0 Å². The molecule has 0 amide bonds. The van der Waals surface area contributed by atoms with Crippen LogP contribution in [0.4, 0.5) is 0 Å². The predicted octanol–water partition coefficient (Wildman–Crippen LogP) is 4.23. The average Bonchev–Trinajstić information content (AvgIpc) is 2.76. The van der Waals surface area contributed by atoms with Gasteiger partial charge in [-0.25, -0.2) is 0 Å². The second-order valence-electron chi connectivity index (χ2n) is 5.42. The molecule has 2 rings (SSSR count). The quantitative estimate of drug-likeness (QED) is 0.788. The molecule has 0 aliphatic heterocycles. The first-order valence-electron chi connectivity index (χ1n) is 6.02. The van der Waals surface area contributed by atoms with Crippen molar-refractivity contribution in [3.05, 3.63) is 52.0 Å². The molecule has 0 aliphatic carbocycles. The molecular weight excluding hydrogens is 226 g/mol. The van der Waals surface area contributed by atoms with E-state index in [1.165, 1.54) is 16.0 Å². The standard InChI is InChI=1S/C15H19NS/c1-15(2,3)14-10-13(11-17-14)5-4-12-6-8-16-9-7-12/h6-11H,4-5H2,1-3H3. The van der Waals surface area contributed by atoms with E-state index in [9.17, 15) is 0 Å². The zero-order valence-electron chi connectivity index (χ0n) is 10.7. The minimum Gasteiger partial charge on any atom is -0.265 e. The second kappa shape index (κ2) is 5.01. The molecule has 2 heterocycles. The summed E-state index contributed by atoms with van der Waals surface area (Å²) < 4.78 is 0. The van der Waals surface area contributed by atoms with Gasteiger partial charge in [0.15, 0.2) is 0 Å². The molecule has 0 N–H and O–H groups in total. The van der Waals surface area contributed by atoms with Gasteiger partial charge in [-0.1, -0.05) is 20.8 Å². The maximum atomic E-state index is 4.04. The maximum absolute atomic E-state index is 4.04. The third-order valence-corrected chi connectivity index (χ3v) is 4.25. The lowest BCUT2D eigenvalue weighted by Gasteiger charge is -2.15. The maximum Gasteiger partial charge on any atom is 0.0270 e. The summed E-state index contributed by atoms with van der Waals surface area (Å²) in [6.45, 7) is 6.81. The average molecular weight is 245 g/mol. The van der Waals surface area contributed by atoms with Crippen molar-refractivity contribution in [2.75, 3.05) is 0 Å². The van der Waals surface area contributed by atoms with E-state index in [2.05, 4.69) is 49.3 Å². The van der Waals surface area contributed by atoms with Crippen molar-refractivity contribution < 1.29 is 0 Å². The van der Waals surface area contributed by atoms with E-state index in [1.54, 1.807) is 0 Å². The number of pyridine rings is 1. The van der Waals surface area contributed by atoms with Gasteiger partial charge in [0.05, 0.1) is 0 Å². The van der Waals surface area contributed by atoms with Gasteiger partial charge in [-0.2, -0.15) is 0 Å². The minimum absolute atomic E-state index is 0.277. The Balaban J connectivity index is 1.99. The Bertz CT molecular complexity index is 465. The number of hydrogen-bond donors (Lipinski definition) is 0. The Labute approximate surface area is 108 Å². The number of nitrogens with zero attached hydrogens (tertiary/aromatic N) is 1. The monoisotopic (exact) mass is 245 g/mol. The van der Waals surface area contributed by atoms with Crippen LogP contribution in [0.1, 0.15) is 36.8 Å². The van der Waals surface area contributed by atoms with Crippen LogP contribution in [0.25, 0.3) is 0 Å². The first-order valence-corrected chi connectivity index (χ1v) is 6.90. The van der Waals surface area contributed by atoms with Crippen LogP contribution in [0.2, 0.25) is 0 Å². The Kier molecular flexibility index (Phi) is 3.63. The summed E-state index contributed by atoms with van der Waals surface area (Å²) in [5.74, 6) is 0. The number of aryl methyl sites for hydroxylation is 2. The van der Waals surface area contributed by atoms with E-state index in [1.807, 2.05) is 23.7 Å². The van der Waals surface area contributed by atoms with Gasteiger partial charge in [-0.05, 0) is 53.0 Å². The third-order valence-electron chi connectivity index (χ3n) is 2.84. The van der Waals surface area contributed by atoms with Gasteiger partial charge < -0.3 is 0 Å². The van der Waals surface area contributed by atoms with Gasteiger partial charge in [-0.15, -0.1) is 11.3 Å². The van der Waals surface area contributed by atoms with Crippen LogP contribution in [-0.2, 0) is 18.3 Å². The molecule has 0 aromatic carbocycles.